The number of nitrogens with two attached hydrogens (primary N) is 1. The molecule has 0 radical (unpaired) electrons. The lowest BCUT2D eigenvalue weighted by molar-refractivity contribution is 0.0953. The van der Waals surface area contributed by atoms with Crippen molar-refractivity contribution in [2.45, 2.75) is 38.3 Å². The molecule has 0 saturated carbocycles. The molecule has 6 nitrogen and oxygen atoms in total. The van der Waals surface area contributed by atoms with Crippen LogP contribution >= 0.6 is 0 Å². The summed E-state index contributed by atoms with van der Waals surface area (Å²) < 4.78 is 0. The van der Waals surface area contributed by atoms with E-state index in [4.69, 9.17) is 5.84 Å². The van der Waals surface area contributed by atoms with E-state index in [1.807, 2.05) is 6.07 Å². The third kappa shape index (κ3) is 3.75. The first-order valence-electron chi connectivity index (χ1n) is 7.05. The minimum Gasteiger partial charge on any atom is -0.395 e. The fourth-order valence-corrected chi connectivity index (χ4v) is 2.60. The van der Waals surface area contributed by atoms with Crippen LogP contribution in [0.3, 0.4) is 0 Å². The number of aliphatic hydroxyl groups is 1. The highest BCUT2D eigenvalue weighted by Gasteiger charge is 2.20. The van der Waals surface area contributed by atoms with Crippen LogP contribution in [-0.2, 0) is 6.54 Å². The van der Waals surface area contributed by atoms with Gasteiger partial charge in [0.15, 0.2) is 0 Å². The molecular weight excluding hydrogens is 256 g/mol. The lowest BCUT2D eigenvalue weighted by Crippen LogP contribution is -2.37. The Morgan fingerprint density at radius 1 is 1.45 bits per heavy atom. The summed E-state index contributed by atoms with van der Waals surface area (Å²) in [5.41, 5.74) is 3.44. The Morgan fingerprint density at radius 2 is 2.30 bits per heavy atom. The first kappa shape index (κ1) is 14.9. The van der Waals surface area contributed by atoms with Crippen LogP contribution < -0.4 is 11.3 Å². The zero-order valence-corrected chi connectivity index (χ0v) is 11.6. The van der Waals surface area contributed by atoms with E-state index in [2.05, 4.69) is 15.3 Å². The van der Waals surface area contributed by atoms with E-state index in [9.17, 15) is 9.90 Å². The number of carbonyl (C=O) groups excluding carboxylic acids is 1. The molecule has 1 unspecified atom stereocenters. The Balaban J connectivity index is 2.02. The van der Waals surface area contributed by atoms with Crippen LogP contribution in [0.5, 0.6) is 0 Å². The number of rotatable bonds is 4. The highest BCUT2D eigenvalue weighted by molar-refractivity contribution is 5.93. The summed E-state index contributed by atoms with van der Waals surface area (Å²) in [6.07, 6.45) is 6.11. The van der Waals surface area contributed by atoms with Gasteiger partial charge in [-0.25, -0.2) is 5.84 Å². The summed E-state index contributed by atoms with van der Waals surface area (Å²) >= 11 is 0. The van der Waals surface area contributed by atoms with Gasteiger partial charge in [-0.3, -0.25) is 20.1 Å². The van der Waals surface area contributed by atoms with E-state index in [0.29, 0.717) is 12.1 Å². The van der Waals surface area contributed by atoms with Crippen LogP contribution in [0.25, 0.3) is 0 Å². The summed E-state index contributed by atoms with van der Waals surface area (Å²) in [7, 11) is 0. The molecule has 1 saturated heterocycles. The molecular formula is C14H22N4O2. The Bertz CT molecular complexity index is 435. The van der Waals surface area contributed by atoms with Gasteiger partial charge in [-0.1, -0.05) is 12.8 Å². The monoisotopic (exact) mass is 278 g/mol. The van der Waals surface area contributed by atoms with E-state index in [1.165, 1.54) is 19.0 Å². The minimum absolute atomic E-state index is 0.188. The second kappa shape index (κ2) is 7.33. The van der Waals surface area contributed by atoms with Crippen molar-refractivity contribution in [3.8, 4) is 0 Å². The van der Waals surface area contributed by atoms with Crippen LogP contribution in [-0.4, -0.2) is 40.1 Å². The van der Waals surface area contributed by atoms with Gasteiger partial charge in [0.05, 0.1) is 17.9 Å². The zero-order chi connectivity index (χ0) is 14.4. The van der Waals surface area contributed by atoms with Gasteiger partial charge >= 0.3 is 0 Å². The number of hydrogen-bond donors (Lipinski definition) is 3. The molecule has 0 aliphatic carbocycles. The lowest BCUT2D eigenvalue weighted by atomic mass is 10.1. The SMILES string of the molecule is NNC(=O)c1ccc(CN2CCCCCC2CO)nc1. The molecule has 20 heavy (non-hydrogen) atoms. The quantitative estimate of drug-likeness (QED) is 0.422. The van der Waals surface area contributed by atoms with Crippen LogP contribution in [0.15, 0.2) is 18.3 Å². The number of nitrogen functional groups attached to an aromatic ring is 1. The Kier molecular flexibility index (Phi) is 5.46. The predicted octanol–water partition coefficient (Wildman–Crippen LogP) is 0.422. The van der Waals surface area contributed by atoms with Gasteiger partial charge in [0.2, 0.25) is 0 Å². The summed E-state index contributed by atoms with van der Waals surface area (Å²) in [4.78, 5) is 17.9. The van der Waals surface area contributed by atoms with Crippen LogP contribution in [0, 0.1) is 0 Å². The van der Waals surface area contributed by atoms with Crippen molar-refractivity contribution in [3.63, 3.8) is 0 Å². The number of pyridine rings is 1. The van der Waals surface area contributed by atoms with Gasteiger partial charge < -0.3 is 5.11 Å². The van der Waals surface area contributed by atoms with E-state index >= 15 is 0 Å². The van der Waals surface area contributed by atoms with E-state index < -0.39 is 0 Å². The third-order valence-corrected chi connectivity index (χ3v) is 3.79. The fourth-order valence-electron chi connectivity index (χ4n) is 2.60. The predicted molar refractivity (Wildman–Crippen MR) is 75.6 cm³/mol. The summed E-state index contributed by atoms with van der Waals surface area (Å²) in [5, 5.41) is 9.48. The van der Waals surface area contributed by atoms with Crippen molar-refractivity contribution in [1.29, 1.82) is 0 Å². The number of hydrazine groups is 1. The van der Waals surface area contributed by atoms with Gasteiger partial charge in [-0.2, -0.15) is 0 Å². The first-order valence-corrected chi connectivity index (χ1v) is 7.05. The molecule has 1 amide bonds. The second-order valence-electron chi connectivity index (χ2n) is 5.17. The number of aromatic nitrogens is 1. The Morgan fingerprint density at radius 3 is 2.95 bits per heavy atom. The van der Waals surface area contributed by atoms with Crippen LogP contribution in [0.2, 0.25) is 0 Å². The van der Waals surface area contributed by atoms with Crippen molar-refractivity contribution in [2.75, 3.05) is 13.2 Å². The zero-order valence-electron chi connectivity index (χ0n) is 11.6. The van der Waals surface area contributed by atoms with Gasteiger partial charge in [0, 0.05) is 18.8 Å². The molecule has 2 heterocycles. The standard InChI is InChI=1S/C14H22N4O2/c15-17-14(20)11-5-6-12(16-8-11)9-18-7-3-1-2-4-13(18)10-19/h5-6,8,13,19H,1-4,7,9-10,15H2,(H,17,20). The van der Waals surface area contributed by atoms with E-state index in [-0.39, 0.29) is 18.6 Å². The molecule has 1 aliphatic heterocycles. The number of aliphatic hydroxyl groups excluding tert-OH is 1. The largest absolute Gasteiger partial charge is 0.395 e. The molecule has 0 spiro atoms. The van der Waals surface area contributed by atoms with Gasteiger partial charge in [-0.15, -0.1) is 0 Å². The lowest BCUT2D eigenvalue weighted by Gasteiger charge is -2.28. The maximum absolute atomic E-state index is 11.3. The molecule has 0 bridgehead atoms. The molecule has 4 N–H and O–H groups in total. The number of carbonyl (C=O) groups is 1. The summed E-state index contributed by atoms with van der Waals surface area (Å²) in [6.45, 7) is 1.88. The molecule has 6 heteroatoms. The minimum atomic E-state index is -0.341. The number of nitrogens with one attached hydrogen (secondary N) is 1. The average Bonchev–Trinajstić information content (AvgIpc) is 2.72. The molecule has 1 aromatic rings. The highest BCUT2D eigenvalue weighted by atomic mass is 16.3. The number of hydrogen-bond acceptors (Lipinski definition) is 5. The van der Waals surface area contributed by atoms with Gasteiger partial charge in [-0.05, 0) is 31.5 Å². The van der Waals surface area contributed by atoms with Crippen molar-refractivity contribution >= 4 is 5.91 Å². The van der Waals surface area contributed by atoms with Crippen molar-refractivity contribution < 1.29 is 9.90 Å². The fraction of sp³-hybridized carbons (Fsp3) is 0.571. The van der Waals surface area contributed by atoms with E-state index in [1.54, 1.807) is 6.07 Å². The number of amides is 1. The molecule has 0 aromatic carbocycles. The van der Waals surface area contributed by atoms with E-state index in [0.717, 1.165) is 25.1 Å². The molecule has 1 aromatic heterocycles. The van der Waals surface area contributed by atoms with Crippen LogP contribution in [0.4, 0.5) is 0 Å². The first-order chi connectivity index (χ1) is 9.74. The number of likely N-dealkylation sites (tertiary alicyclic amines) is 1. The second-order valence-corrected chi connectivity index (χ2v) is 5.17. The smallest absolute Gasteiger partial charge is 0.266 e. The summed E-state index contributed by atoms with van der Waals surface area (Å²) in [6, 6.07) is 3.77. The van der Waals surface area contributed by atoms with Gasteiger partial charge in [0.1, 0.15) is 0 Å². The van der Waals surface area contributed by atoms with Gasteiger partial charge in [0.25, 0.3) is 5.91 Å². The van der Waals surface area contributed by atoms with Crippen LogP contribution in [0.1, 0.15) is 41.7 Å². The summed E-state index contributed by atoms with van der Waals surface area (Å²) in [5.74, 6) is 4.74. The maximum Gasteiger partial charge on any atom is 0.266 e. The highest BCUT2D eigenvalue weighted by Crippen LogP contribution is 2.18. The van der Waals surface area contributed by atoms with Crippen molar-refractivity contribution in [2.24, 2.45) is 5.84 Å². The topological polar surface area (TPSA) is 91.5 Å². The molecule has 110 valence electrons. The Hall–Kier alpha value is -1.50. The van der Waals surface area contributed by atoms with Crippen molar-refractivity contribution in [3.05, 3.63) is 29.6 Å². The normalized spacial score (nSPS) is 20.4. The maximum atomic E-state index is 11.3. The molecule has 1 aliphatic rings. The third-order valence-electron chi connectivity index (χ3n) is 3.79. The van der Waals surface area contributed by atoms with Crippen molar-refractivity contribution in [1.82, 2.24) is 15.3 Å². The average molecular weight is 278 g/mol. The number of nitrogens with zero attached hydrogens (tertiary/aromatic N) is 2. The molecule has 2 rings (SSSR count). The molecule has 1 fully saturated rings. The Labute approximate surface area is 119 Å². The molecule has 1 atom stereocenters.